The molecule has 1 aliphatic heterocycles. The fraction of sp³-hybridized carbons (Fsp3) is 0.300. The molecule has 1 amide bonds. The molecule has 31 heavy (non-hydrogen) atoms. The summed E-state index contributed by atoms with van der Waals surface area (Å²) in [7, 11) is 0. The summed E-state index contributed by atoms with van der Waals surface area (Å²) in [6.45, 7) is 0.147. The predicted octanol–water partition coefficient (Wildman–Crippen LogP) is 4.17. The van der Waals surface area contributed by atoms with Crippen molar-refractivity contribution in [2.24, 2.45) is 0 Å². The standard InChI is InChI=1S/C20H18F4N4O3/c21-15-6-5-12(11-14(15)20(22,23)24)19(30)7-9-28(10-8-19)31-18(29)25-17-13-3-1-2-4-16(13)26-27-17/h1-6,11,30H,7-10H2,(H2,25,26,27,29). The van der Waals surface area contributed by atoms with E-state index in [-0.39, 0.29) is 31.5 Å². The molecule has 0 spiro atoms. The van der Waals surface area contributed by atoms with Crippen LogP contribution < -0.4 is 5.32 Å². The van der Waals surface area contributed by atoms with E-state index in [1.807, 2.05) is 6.07 Å². The van der Waals surface area contributed by atoms with Crippen molar-refractivity contribution in [2.45, 2.75) is 24.6 Å². The number of fused-ring (bicyclic) bond motifs is 1. The van der Waals surface area contributed by atoms with Gasteiger partial charge in [-0.3, -0.25) is 10.4 Å². The summed E-state index contributed by atoms with van der Waals surface area (Å²) < 4.78 is 52.5. The van der Waals surface area contributed by atoms with Crippen LogP contribution in [0.2, 0.25) is 0 Å². The summed E-state index contributed by atoms with van der Waals surface area (Å²) in [6.07, 6.45) is -5.67. The summed E-state index contributed by atoms with van der Waals surface area (Å²) in [4.78, 5) is 17.4. The molecule has 3 N–H and O–H groups in total. The second-order valence-electron chi connectivity index (χ2n) is 7.27. The molecule has 11 heteroatoms. The van der Waals surface area contributed by atoms with Gasteiger partial charge in [0.05, 0.1) is 16.7 Å². The number of hydrogen-bond acceptors (Lipinski definition) is 5. The van der Waals surface area contributed by atoms with E-state index in [2.05, 4.69) is 15.5 Å². The van der Waals surface area contributed by atoms with E-state index in [4.69, 9.17) is 4.84 Å². The molecule has 0 saturated carbocycles. The molecule has 4 rings (SSSR count). The largest absolute Gasteiger partial charge is 0.432 e. The number of carbonyl (C=O) groups is 1. The minimum absolute atomic E-state index is 0.00541. The highest BCUT2D eigenvalue weighted by atomic mass is 19.4. The molecular weight excluding hydrogens is 420 g/mol. The number of aliphatic hydroxyl groups is 1. The Morgan fingerprint density at radius 1 is 1.19 bits per heavy atom. The quantitative estimate of drug-likeness (QED) is 0.534. The molecule has 1 aromatic heterocycles. The number of nitrogens with zero attached hydrogens (tertiary/aromatic N) is 2. The third kappa shape index (κ3) is 4.32. The Bertz CT molecular complexity index is 1110. The van der Waals surface area contributed by atoms with Crippen LogP contribution in [0, 0.1) is 5.82 Å². The van der Waals surface area contributed by atoms with E-state index in [1.54, 1.807) is 18.2 Å². The van der Waals surface area contributed by atoms with Gasteiger partial charge in [-0.25, -0.2) is 9.18 Å². The van der Waals surface area contributed by atoms with Crippen LogP contribution in [0.1, 0.15) is 24.0 Å². The van der Waals surface area contributed by atoms with E-state index in [1.165, 1.54) is 5.06 Å². The molecule has 164 valence electrons. The van der Waals surface area contributed by atoms with Crippen molar-refractivity contribution >= 4 is 22.8 Å². The molecule has 0 aliphatic carbocycles. The molecule has 7 nitrogen and oxygen atoms in total. The van der Waals surface area contributed by atoms with Crippen LogP contribution in [-0.2, 0) is 16.6 Å². The predicted molar refractivity (Wildman–Crippen MR) is 102 cm³/mol. The zero-order chi connectivity index (χ0) is 22.2. The van der Waals surface area contributed by atoms with Crippen LogP contribution >= 0.6 is 0 Å². The highest BCUT2D eigenvalue weighted by Gasteiger charge is 2.39. The van der Waals surface area contributed by atoms with Crippen molar-refractivity contribution in [1.29, 1.82) is 0 Å². The van der Waals surface area contributed by atoms with Gasteiger partial charge in [0.25, 0.3) is 0 Å². The first-order chi connectivity index (χ1) is 14.7. The van der Waals surface area contributed by atoms with E-state index in [9.17, 15) is 27.5 Å². The number of piperidine rings is 1. The van der Waals surface area contributed by atoms with E-state index in [0.29, 0.717) is 23.3 Å². The van der Waals surface area contributed by atoms with Crippen LogP contribution in [0.25, 0.3) is 10.9 Å². The smallest absolute Gasteiger partial charge is 0.385 e. The van der Waals surface area contributed by atoms with Gasteiger partial charge in [-0.2, -0.15) is 18.3 Å². The number of nitrogens with one attached hydrogen (secondary N) is 2. The van der Waals surface area contributed by atoms with Crippen molar-refractivity contribution in [2.75, 3.05) is 18.4 Å². The Hall–Kier alpha value is -3.18. The van der Waals surface area contributed by atoms with E-state index >= 15 is 0 Å². The highest BCUT2D eigenvalue weighted by Crippen LogP contribution is 2.38. The molecule has 0 radical (unpaired) electrons. The fourth-order valence-electron chi connectivity index (χ4n) is 3.56. The number of aromatic amines is 1. The van der Waals surface area contributed by atoms with Crippen LogP contribution in [0.3, 0.4) is 0 Å². The number of halogens is 4. The number of anilines is 1. The summed E-state index contributed by atoms with van der Waals surface area (Å²) in [5.74, 6) is -1.11. The average Bonchev–Trinajstić information content (AvgIpc) is 3.12. The number of H-pyrrole nitrogens is 1. The molecule has 1 saturated heterocycles. The Morgan fingerprint density at radius 2 is 1.90 bits per heavy atom. The monoisotopic (exact) mass is 438 g/mol. The van der Waals surface area contributed by atoms with Gasteiger partial charge in [0.2, 0.25) is 0 Å². The molecule has 0 bridgehead atoms. The second kappa shape index (κ2) is 7.82. The van der Waals surface area contributed by atoms with Gasteiger partial charge in [-0.15, -0.1) is 5.06 Å². The maximum absolute atomic E-state index is 13.5. The highest BCUT2D eigenvalue weighted by molar-refractivity contribution is 5.96. The van der Waals surface area contributed by atoms with Crippen LogP contribution in [-0.4, -0.2) is 39.5 Å². The molecule has 1 fully saturated rings. The van der Waals surface area contributed by atoms with Crippen molar-refractivity contribution < 1.29 is 32.3 Å². The zero-order valence-corrected chi connectivity index (χ0v) is 16.0. The molecule has 0 unspecified atom stereocenters. The number of rotatable bonds is 3. The zero-order valence-electron chi connectivity index (χ0n) is 16.0. The Kier molecular flexibility index (Phi) is 5.31. The lowest BCUT2D eigenvalue weighted by Crippen LogP contribution is -2.44. The SMILES string of the molecule is O=C(Nc1n[nH]c2ccccc12)ON1CCC(O)(c2ccc(F)c(C(F)(F)F)c2)CC1. The van der Waals surface area contributed by atoms with Gasteiger partial charge in [0.15, 0.2) is 5.82 Å². The topological polar surface area (TPSA) is 90.5 Å². The fourth-order valence-corrected chi connectivity index (χ4v) is 3.56. The molecular formula is C20H18F4N4O3. The lowest BCUT2D eigenvalue weighted by molar-refractivity contribution is -0.149. The number of hydroxylamine groups is 2. The number of amides is 1. The van der Waals surface area contributed by atoms with Gasteiger partial charge < -0.3 is 9.94 Å². The minimum atomic E-state index is -4.87. The summed E-state index contributed by atoms with van der Waals surface area (Å²) in [5.41, 5.74) is -2.32. The first-order valence-electron chi connectivity index (χ1n) is 9.42. The van der Waals surface area contributed by atoms with Crippen molar-refractivity contribution in [3.63, 3.8) is 0 Å². The lowest BCUT2D eigenvalue weighted by Gasteiger charge is -2.37. The van der Waals surface area contributed by atoms with Crippen molar-refractivity contribution in [3.8, 4) is 0 Å². The molecule has 2 heterocycles. The number of benzene rings is 2. The van der Waals surface area contributed by atoms with Gasteiger partial charge >= 0.3 is 12.3 Å². The Labute approximate surface area is 173 Å². The summed E-state index contributed by atoms with van der Waals surface area (Å²) in [5, 5.41) is 22.1. The maximum Gasteiger partial charge on any atom is 0.432 e. The van der Waals surface area contributed by atoms with Crippen molar-refractivity contribution in [3.05, 3.63) is 59.4 Å². The first-order valence-corrected chi connectivity index (χ1v) is 9.42. The molecule has 0 atom stereocenters. The van der Waals surface area contributed by atoms with Crippen LogP contribution in [0.15, 0.2) is 42.5 Å². The molecule has 2 aromatic carbocycles. The normalized spacial score (nSPS) is 16.9. The second-order valence-corrected chi connectivity index (χ2v) is 7.27. The lowest BCUT2D eigenvalue weighted by atomic mass is 9.84. The van der Waals surface area contributed by atoms with Crippen LogP contribution in [0.5, 0.6) is 0 Å². The van der Waals surface area contributed by atoms with Crippen molar-refractivity contribution in [1.82, 2.24) is 15.3 Å². The third-order valence-corrected chi connectivity index (χ3v) is 5.26. The Balaban J connectivity index is 1.39. The molecule has 3 aromatic rings. The number of hydrogen-bond donors (Lipinski definition) is 3. The first kappa shape index (κ1) is 21.1. The van der Waals surface area contributed by atoms with Gasteiger partial charge in [-0.1, -0.05) is 18.2 Å². The minimum Gasteiger partial charge on any atom is -0.385 e. The number of aromatic nitrogens is 2. The third-order valence-electron chi connectivity index (χ3n) is 5.26. The summed E-state index contributed by atoms with van der Waals surface area (Å²) >= 11 is 0. The number of alkyl halides is 3. The summed E-state index contributed by atoms with van der Waals surface area (Å²) in [6, 6.07) is 9.63. The Morgan fingerprint density at radius 3 is 2.61 bits per heavy atom. The van der Waals surface area contributed by atoms with E-state index < -0.39 is 29.3 Å². The van der Waals surface area contributed by atoms with Crippen LogP contribution in [0.4, 0.5) is 28.2 Å². The van der Waals surface area contributed by atoms with Gasteiger partial charge in [0, 0.05) is 18.5 Å². The average molecular weight is 438 g/mol. The number of carbonyl (C=O) groups excluding carboxylic acids is 1. The van der Waals surface area contributed by atoms with Gasteiger partial charge in [-0.05, 0) is 42.7 Å². The van der Waals surface area contributed by atoms with E-state index in [0.717, 1.165) is 11.6 Å². The maximum atomic E-state index is 13.5. The molecule has 1 aliphatic rings. The number of para-hydroxylation sites is 1. The van der Waals surface area contributed by atoms with Gasteiger partial charge in [0.1, 0.15) is 5.82 Å².